The number of likely N-dealkylation sites (tertiary alicyclic amines) is 1. The number of carbonyl (C=O) groups is 1. The Morgan fingerprint density at radius 1 is 1.50 bits per heavy atom. The zero-order valence-electron chi connectivity index (χ0n) is 11.2. The van der Waals surface area contributed by atoms with Gasteiger partial charge in [0, 0.05) is 12.7 Å². The quantitative estimate of drug-likeness (QED) is 0.803. The molecule has 2 rings (SSSR count). The Morgan fingerprint density at radius 3 is 2.89 bits per heavy atom. The standard InChI is InChI=1S/C12H20N4O2/c1-12(2,3)18-11(17)16-7-4-5-10(16)9-15-8-6-13-14-15/h6,8,10H,4-5,7,9H2,1-3H3/t10-/m1/s1. The van der Waals surface area contributed by atoms with Gasteiger partial charge in [0.05, 0.1) is 18.8 Å². The Kier molecular flexibility index (Phi) is 3.54. The van der Waals surface area contributed by atoms with E-state index in [1.807, 2.05) is 27.0 Å². The first-order valence-electron chi connectivity index (χ1n) is 6.29. The first-order chi connectivity index (χ1) is 8.46. The van der Waals surface area contributed by atoms with Gasteiger partial charge >= 0.3 is 6.09 Å². The molecule has 1 aromatic rings. The second kappa shape index (κ2) is 4.96. The minimum Gasteiger partial charge on any atom is -0.444 e. The number of rotatable bonds is 2. The predicted molar refractivity (Wildman–Crippen MR) is 66.0 cm³/mol. The molecule has 0 aliphatic carbocycles. The second-order valence-corrected chi connectivity index (χ2v) is 5.59. The van der Waals surface area contributed by atoms with E-state index in [1.54, 1.807) is 15.8 Å². The molecule has 0 saturated carbocycles. The van der Waals surface area contributed by atoms with Gasteiger partial charge in [0.2, 0.25) is 0 Å². The molecule has 1 fully saturated rings. The van der Waals surface area contributed by atoms with Crippen molar-refractivity contribution in [2.75, 3.05) is 6.54 Å². The van der Waals surface area contributed by atoms with E-state index in [-0.39, 0.29) is 12.1 Å². The average molecular weight is 252 g/mol. The molecule has 1 saturated heterocycles. The molecule has 1 amide bonds. The minimum atomic E-state index is -0.447. The molecule has 0 bridgehead atoms. The SMILES string of the molecule is CC(C)(C)OC(=O)N1CCC[C@@H]1Cn1ccnn1. The number of carbonyl (C=O) groups excluding carboxylic acids is 1. The lowest BCUT2D eigenvalue weighted by Crippen LogP contribution is -2.41. The lowest BCUT2D eigenvalue weighted by atomic mass is 10.2. The van der Waals surface area contributed by atoms with Gasteiger partial charge < -0.3 is 9.64 Å². The summed E-state index contributed by atoms with van der Waals surface area (Å²) in [7, 11) is 0. The number of hydrogen-bond donors (Lipinski definition) is 0. The lowest BCUT2D eigenvalue weighted by molar-refractivity contribution is 0.0211. The third kappa shape index (κ3) is 3.21. The van der Waals surface area contributed by atoms with Crippen LogP contribution < -0.4 is 0 Å². The van der Waals surface area contributed by atoms with Crippen LogP contribution in [0.5, 0.6) is 0 Å². The molecule has 1 atom stereocenters. The summed E-state index contributed by atoms with van der Waals surface area (Å²) >= 11 is 0. The molecule has 0 radical (unpaired) electrons. The van der Waals surface area contributed by atoms with Crippen LogP contribution in [0.3, 0.4) is 0 Å². The summed E-state index contributed by atoms with van der Waals surface area (Å²) in [5.74, 6) is 0. The van der Waals surface area contributed by atoms with E-state index in [1.165, 1.54) is 0 Å². The normalized spacial score (nSPS) is 20.2. The van der Waals surface area contributed by atoms with E-state index < -0.39 is 5.60 Å². The maximum atomic E-state index is 12.1. The number of amides is 1. The highest BCUT2D eigenvalue weighted by Crippen LogP contribution is 2.21. The molecular weight excluding hydrogens is 232 g/mol. The van der Waals surface area contributed by atoms with Crippen molar-refractivity contribution in [1.29, 1.82) is 0 Å². The third-order valence-electron chi connectivity index (χ3n) is 2.87. The Labute approximate surface area is 107 Å². The van der Waals surface area contributed by atoms with Crippen molar-refractivity contribution >= 4 is 6.09 Å². The van der Waals surface area contributed by atoms with Crippen LogP contribution >= 0.6 is 0 Å². The van der Waals surface area contributed by atoms with E-state index in [0.717, 1.165) is 19.4 Å². The maximum absolute atomic E-state index is 12.1. The van der Waals surface area contributed by atoms with Crippen molar-refractivity contribution in [2.45, 2.75) is 51.8 Å². The first-order valence-corrected chi connectivity index (χ1v) is 6.29. The van der Waals surface area contributed by atoms with Gasteiger partial charge in [-0.25, -0.2) is 4.79 Å². The Hall–Kier alpha value is -1.59. The van der Waals surface area contributed by atoms with E-state index in [0.29, 0.717) is 6.54 Å². The van der Waals surface area contributed by atoms with Crippen molar-refractivity contribution in [2.24, 2.45) is 0 Å². The molecule has 100 valence electrons. The highest BCUT2D eigenvalue weighted by Gasteiger charge is 2.32. The van der Waals surface area contributed by atoms with E-state index in [9.17, 15) is 4.79 Å². The summed E-state index contributed by atoms with van der Waals surface area (Å²) in [5.41, 5.74) is -0.447. The van der Waals surface area contributed by atoms with Crippen LogP contribution in [-0.2, 0) is 11.3 Å². The number of ether oxygens (including phenoxy) is 1. The number of hydrogen-bond acceptors (Lipinski definition) is 4. The largest absolute Gasteiger partial charge is 0.444 e. The molecule has 0 spiro atoms. The molecule has 0 aromatic carbocycles. The van der Waals surface area contributed by atoms with Crippen LogP contribution in [0.2, 0.25) is 0 Å². The predicted octanol–water partition coefficient (Wildman–Crippen LogP) is 1.68. The van der Waals surface area contributed by atoms with Crippen LogP contribution in [-0.4, -0.2) is 44.2 Å². The fourth-order valence-corrected chi connectivity index (χ4v) is 2.13. The first kappa shape index (κ1) is 12.9. The molecule has 0 unspecified atom stereocenters. The van der Waals surface area contributed by atoms with Gasteiger partial charge in [-0.15, -0.1) is 5.10 Å². The van der Waals surface area contributed by atoms with Crippen molar-refractivity contribution in [1.82, 2.24) is 19.9 Å². The smallest absolute Gasteiger partial charge is 0.410 e. The Balaban J connectivity index is 1.97. The Bertz CT molecular complexity index is 397. The van der Waals surface area contributed by atoms with Gasteiger partial charge in [0.15, 0.2) is 0 Å². The van der Waals surface area contributed by atoms with E-state index in [2.05, 4.69) is 10.3 Å². The molecular formula is C12H20N4O2. The highest BCUT2D eigenvalue weighted by molar-refractivity contribution is 5.68. The monoisotopic (exact) mass is 252 g/mol. The van der Waals surface area contributed by atoms with Crippen molar-refractivity contribution in [3.63, 3.8) is 0 Å². The summed E-state index contributed by atoms with van der Waals surface area (Å²) in [6.45, 7) is 7.09. The van der Waals surface area contributed by atoms with Gasteiger partial charge in [0.25, 0.3) is 0 Å². The van der Waals surface area contributed by atoms with Crippen LogP contribution in [0.1, 0.15) is 33.6 Å². The fraction of sp³-hybridized carbons (Fsp3) is 0.750. The van der Waals surface area contributed by atoms with Crippen molar-refractivity contribution in [3.05, 3.63) is 12.4 Å². The van der Waals surface area contributed by atoms with Crippen LogP contribution in [0.25, 0.3) is 0 Å². The number of aromatic nitrogens is 3. The molecule has 1 aliphatic rings. The fourth-order valence-electron chi connectivity index (χ4n) is 2.13. The molecule has 1 aromatic heterocycles. The van der Waals surface area contributed by atoms with E-state index >= 15 is 0 Å². The summed E-state index contributed by atoms with van der Waals surface area (Å²) in [5, 5.41) is 7.71. The lowest BCUT2D eigenvalue weighted by Gasteiger charge is -2.28. The molecule has 6 nitrogen and oxygen atoms in total. The summed E-state index contributed by atoms with van der Waals surface area (Å²) in [4.78, 5) is 13.9. The second-order valence-electron chi connectivity index (χ2n) is 5.59. The molecule has 1 aliphatic heterocycles. The van der Waals surface area contributed by atoms with Gasteiger partial charge in [-0.2, -0.15) is 0 Å². The third-order valence-corrected chi connectivity index (χ3v) is 2.87. The van der Waals surface area contributed by atoms with Crippen LogP contribution in [0.4, 0.5) is 4.79 Å². The molecule has 18 heavy (non-hydrogen) atoms. The molecule has 0 N–H and O–H groups in total. The van der Waals surface area contributed by atoms with Gasteiger partial charge in [-0.3, -0.25) is 4.68 Å². The summed E-state index contributed by atoms with van der Waals surface area (Å²) in [6.07, 6.45) is 5.22. The van der Waals surface area contributed by atoms with Gasteiger partial charge in [0.1, 0.15) is 5.60 Å². The highest BCUT2D eigenvalue weighted by atomic mass is 16.6. The van der Waals surface area contributed by atoms with Crippen LogP contribution in [0, 0.1) is 0 Å². The molecule has 6 heteroatoms. The average Bonchev–Trinajstić information content (AvgIpc) is 2.86. The van der Waals surface area contributed by atoms with Gasteiger partial charge in [-0.1, -0.05) is 5.21 Å². The topological polar surface area (TPSA) is 60.2 Å². The van der Waals surface area contributed by atoms with Crippen LogP contribution in [0.15, 0.2) is 12.4 Å². The summed E-state index contributed by atoms with van der Waals surface area (Å²) < 4.78 is 7.17. The van der Waals surface area contributed by atoms with E-state index in [4.69, 9.17) is 4.74 Å². The van der Waals surface area contributed by atoms with Crippen molar-refractivity contribution < 1.29 is 9.53 Å². The zero-order chi connectivity index (χ0) is 13.2. The Morgan fingerprint density at radius 2 is 2.28 bits per heavy atom. The molecule has 2 heterocycles. The summed E-state index contributed by atoms with van der Waals surface area (Å²) in [6, 6.07) is 0.154. The minimum absolute atomic E-state index is 0.154. The maximum Gasteiger partial charge on any atom is 0.410 e. The zero-order valence-corrected chi connectivity index (χ0v) is 11.2. The number of nitrogens with zero attached hydrogens (tertiary/aromatic N) is 4. The van der Waals surface area contributed by atoms with Gasteiger partial charge in [-0.05, 0) is 33.6 Å². The van der Waals surface area contributed by atoms with Crippen molar-refractivity contribution in [3.8, 4) is 0 Å².